The van der Waals surface area contributed by atoms with E-state index in [1.165, 1.54) is 6.33 Å². The molecule has 1 saturated heterocycles. The Kier molecular flexibility index (Phi) is 2.93. The Labute approximate surface area is 106 Å². The number of hydrogen-bond donors (Lipinski definition) is 1. The van der Waals surface area contributed by atoms with E-state index in [1.54, 1.807) is 6.92 Å². The van der Waals surface area contributed by atoms with E-state index >= 15 is 0 Å². The topological polar surface area (TPSA) is 55.0 Å². The Balaban J connectivity index is 1.81. The van der Waals surface area contributed by atoms with Crippen LogP contribution >= 0.6 is 0 Å². The number of nitrogens with zero attached hydrogens (tertiary/aromatic N) is 3. The third-order valence-electron chi connectivity index (χ3n) is 4.34. The van der Waals surface area contributed by atoms with Gasteiger partial charge in [0.25, 0.3) is 0 Å². The van der Waals surface area contributed by atoms with Crippen molar-refractivity contribution in [2.75, 3.05) is 18.0 Å². The third kappa shape index (κ3) is 1.96. The minimum Gasteiger partial charge on any atom is -0.354 e. The quantitative estimate of drug-likeness (QED) is 0.820. The number of hydrogen-bond acceptors (Lipinski definition) is 4. The molecular weight excluding hydrogens is 231 g/mol. The minimum absolute atomic E-state index is 0.277. The largest absolute Gasteiger partial charge is 0.354 e. The molecule has 0 bridgehead atoms. The van der Waals surface area contributed by atoms with Crippen LogP contribution in [0.25, 0.3) is 0 Å². The predicted molar refractivity (Wildman–Crippen MR) is 67.7 cm³/mol. The molecule has 1 aliphatic carbocycles. The Morgan fingerprint density at radius 3 is 2.89 bits per heavy atom. The van der Waals surface area contributed by atoms with Gasteiger partial charge in [-0.3, -0.25) is 0 Å². The average Bonchev–Trinajstić information content (AvgIpc) is 2.75. The maximum atomic E-state index is 14.0. The fourth-order valence-corrected chi connectivity index (χ4v) is 3.31. The van der Waals surface area contributed by atoms with Gasteiger partial charge in [0.15, 0.2) is 11.6 Å². The van der Waals surface area contributed by atoms with E-state index in [0.29, 0.717) is 29.4 Å². The van der Waals surface area contributed by atoms with Crippen molar-refractivity contribution in [2.45, 2.75) is 32.2 Å². The summed E-state index contributed by atoms with van der Waals surface area (Å²) >= 11 is 0. The number of anilines is 1. The second-order valence-electron chi connectivity index (χ2n) is 5.59. The van der Waals surface area contributed by atoms with Gasteiger partial charge >= 0.3 is 0 Å². The average molecular weight is 250 g/mol. The van der Waals surface area contributed by atoms with Gasteiger partial charge in [0.05, 0.1) is 5.69 Å². The fraction of sp³-hybridized carbons (Fsp3) is 0.692. The predicted octanol–water partition coefficient (Wildman–Crippen LogP) is 1.49. The molecule has 98 valence electrons. The molecule has 2 heterocycles. The van der Waals surface area contributed by atoms with Gasteiger partial charge in [-0.25, -0.2) is 14.4 Å². The summed E-state index contributed by atoms with van der Waals surface area (Å²) in [6.45, 7) is 3.47. The molecule has 1 aliphatic heterocycles. The van der Waals surface area contributed by atoms with E-state index in [2.05, 4.69) is 14.9 Å². The second kappa shape index (κ2) is 4.46. The number of aromatic nitrogens is 2. The Hall–Kier alpha value is -1.23. The van der Waals surface area contributed by atoms with Crippen molar-refractivity contribution < 1.29 is 4.39 Å². The van der Waals surface area contributed by atoms with Gasteiger partial charge in [0.1, 0.15) is 6.33 Å². The van der Waals surface area contributed by atoms with Crippen LogP contribution in [0.1, 0.15) is 25.0 Å². The summed E-state index contributed by atoms with van der Waals surface area (Å²) in [6, 6.07) is 0.322. The summed E-state index contributed by atoms with van der Waals surface area (Å²) < 4.78 is 14.0. The molecule has 3 rings (SSSR count). The second-order valence-corrected chi connectivity index (χ2v) is 5.59. The summed E-state index contributed by atoms with van der Waals surface area (Å²) in [6.07, 6.45) is 4.77. The number of fused-ring (bicyclic) bond motifs is 1. The standard InChI is InChI=1S/C13H19FN4/c1-8-12(14)13(17-7-16-8)18-5-9-2-3-11(15)4-10(9)6-18/h7,9-11H,2-6,15H2,1H3/t9-,10+,11?/m1/s1. The van der Waals surface area contributed by atoms with Crippen molar-refractivity contribution in [1.82, 2.24) is 9.97 Å². The van der Waals surface area contributed by atoms with E-state index < -0.39 is 0 Å². The highest BCUT2D eigenvalue weighted by molar-refractivity contribution is 5.42. The summed E-state index contributed by atoms with van der Waals surface area (Å²) in [5.74, 6) is 1.44. The van der Waals surface area contributed by atoms with Crippen LogP contribution in [0.5, 0.6) is 0 Å². The lowest BCUT2D eigenvalue weighted by Gasteiger charge is -2.27. The molecule has 0 aromatic carbocycles. The maximum absolute atomic E-state index is 14.0. The number of rotatable bonds is 1. The van der Waals surface area contributed by atoms with Gasteiger partial charge in [-0.2, -0.15) is 0 Å². The zero-order chi connectivity index (χ0) is 12.7. The van der Waals surface area contributed by atoms with Crippen molar-refractivity contribution in [3.63, 3.8) is 0 Å². The molecule has 0 amide bonds. The molecule has 18 heavy (non-hydrogen) atoms. The van der Waals surface area contributed by atoms with Crippen molar-refractivity contribution >= 4 is 5.82 Å². The first-order chi connectivity index (χ1) is 8.65. The van der Waals surface area contributed by atoms with E-state index in [1.807, 2.05) is 0 Å². The van der Waals surface area contributed by atoms with E-state index in [4.69, 9.17) is 5.73 Å². The molecule has 0 spiro atoms. The highest BCUT2D eigenvalue weighted by Gasteiger charge is 2.38. The van der Waals surface area contributed by atoms with Crippen LogP contribution in [0, 0.1) is 24.6 Å². The summed E-state index contributed by atoms with van der Waals surface area (Å²) in [4.78, 5) is 10.1. The van der Waals surface area contributed by atoms with Crippen molar-refractivity contribution in [2.24, 2.45) is 17.6 Å². The van der Waals surface area contributed by atoms with Crippen LogP contribution in [0.3, 0.4) is 0 Å². The first-order valence-electron chi connectivity index (χ1n) is 6.62. The van der Waals surface area contributed by atoms with Gasteiger partial charge in [-0.05, 0) is 38.0 Å². The van der Waals surface area contributed by atoms with E-state index in [-0.39, 0.29) is 5.82 Å². The van der Waals surface area contributed by atoms with Gasteiger partial charge < -0.3 is 10.6 Å². The minimum atomic E-state index is -0.277. The molecule has 2 N–H and O–H groups in total. The number of halogens is 1. The molecule has 2 aliphatic rings. The summed E-state index contributed by atoms with van der Waals surface area (Å²) in [7, 11) is 0. The van der Waals surface area contributed by atoms with Crippen LogP contribution in [0.2, 0.25) is 0 Å². The monoisotopic (exact) mass is 250 g/mol. The Morgan fingerprint density at radius 2 is 2.06 bits per heavy atom. The van der Waals surface area contributed by atoms with Crippen molar-refractivity contribution in [3.05, 3.63) is 17.8 Å². The molecule has 3 atom stereocenters. The molecule has 4 nitrogen and oxygen atoms in total. The first-order valence-corrected chi connectivity index (χ1v) is 6.62. The van der Waals surface area contributed by atoms with Crippen LogP contribution in [-0.4, -0.2) is 29.1 Å². The number of nitrogens with two attached hydrogens (primary N) is 1. The molecule has 5 heteroatoms. The SMILES string of the molecule is Cc1ncnc(N2C[C@H]3CCC(N)C[C@H]3C2)c1F. The van der Waals surface area contributed by atoms with Crippen LogP contribution in [-0.2, 0) is 0 Å². The van der Waals surface area contributed by atoms with Crippen molar-refractivity contribution in [1.29, 1.82) is 0 Å². The lowest BCUT2D eigenvalue weighted by atomic mass is 9.79. The van der Waals surface area contributed by atoms with Crippen LogP contribution < -0.4 is 10.6 Å². The normalized spacial score (nSPS) is 31.5. The van der Waals surface area contributed by atoms with Gasteiger partial charge in [-0.15, -0.1) is 0 Å². The highest BCUT2D eigenvalue weighted by Crippen LogP contribution is 2.37. The van der Waals surface area contributed by atoms with E-state index in [0.717, 1.165) is 32.4 Å². The van der Waals surface area contributed by atoms with Gasteiger partial charge in [0.2, 0.25) is 0 Å². The van der Waals surface area contributed by atoms with Crippen LogP contribution in [0.4, 0.5) is 10.2 Å². The van der Waals surface area contributed by atoms with E-state index in [9.17, 15) is 4.39 Å². The lowest BCUT2D eigenvalue weighted by Crippen LogP contribution is -2.32. The molecule has 1 aromatic rings. The van der Waals surface area contributed by atoms with Gasteiger partial charge in [0, 0.05) is 19.1 Å². The van der Waals surface area contributed by atoms with Crippen LogP contribution in [0.15, 0.2) is 6.33 Å². The molecular formula is C13H19FN4. The Bertz CT molecular complexity index is 451. The first kappa shape index (κ1) is 11.8. The summed E-state index contributed by atoms with van der Waals surface area (Å²) in [5, 5.41) is 0. The molecule has 1 saturated carbocycles. The zero-order valence-corrected chi connectivity index (χ0v) is 10.6. The molecule has 2 fully saturated rings. The highest BCUT2D eigenvalue weighted by atomic mass is 19.1. The summed E-state index contributed by atoms with van der Waals surface area (Å²) in [5.41, 5.74) is 6.43. The lowest BCUT2D eigenvalue weighted by molar-refractivity contribution is 0.271. The maximum Gasteiger partial charge on any atom is 0.186 e. The fourth-order valence-electron chi connectivity index (χ4n) is 3.31. The number of aryl methyl sites for hydroxylation is 1. The third-order valence-corrected chi connectivity index (χ3v) is 4.34. The molecule has 0 radical (unpaired) electrons. The molecule has 1 unspecified atom stereocenters. The molecule has 1 aromatic heterocycles. The van der Waals surface area contributed by atoms with Crippen molar-refractivity contribution in [3.8, 4) is 0 Å². The smallest absolute Gasteiger partial charge is 0.186 e. The van der Waals surface area contributed by atoms with Gasteiger partial charge in [-0.1, -0.05) is 0 Å². The zero-order valence-electron chi connectivity index (χ0n) is 10.6. The Morgan fingerprint density at radius 1 is 1.28 bits per heavy atom.